The Morgan fingerprint density at radius 3 is 2.67 bits per heavy atom. The van der Waals surface area contributed by atoms with Crippen molar-refractivity contribution in [1.82, 2.24) is 15.4 Å². The number of nitrogens with one attached hydrogen (secondary N) is 3. The molecule has 0 fully saturated rings. The summed E-state index contributed by atoms with van der Waals surface area (Å²) in [6.07, 6.45) is 1.25. The molecule has 110 valence electrons. The normalized spacial score (nSPS) is 9.81. The highest BCUT2D eigenvalue weighted by Gasteiger charge is 2.12. The van der Waals surface area contributed by atoms with Crippen molar-refractivity contribution in [3.63, 3.8) is 0 Å². The van der Waals surface area contributed by atoms with Crippen molar-refractivity contribution in [3.8, 4) is 5.75 Å². The fourth-order valence-electron chi connectivity index (χ4n) is 1.63. The highest BCUT2D eigenvalue weighted by Crippen LogP contribution is 2.21. The van der Waals surface area contributed by atoms with Crippen molar-refractivity contribution < 1.29 is 9.53 Å². The van der Waals surface area contributed by atoms with E-state index in [0.717, 1.165) is 0 Å². The molecule has 0 radical (unpaired) electrons. The smallest absolute Gasteiger partial charge is 0.273 e. The number of nitrogens with two attached hydrogens (primary N) is 2. The minimum atomic E-state index is -0.396. The van der Waals surface area contributed by atoms with Crippen molar-refractivity contribution in [2.24, 2.45) is 5.84 Å². The first-order valence-electron chi connectivity index (χ1n) is 5.93. The van der Waals surface area contributed by atoms with E-state index < -0.39 is 5.91 Å². The number of carbonyl (C=O) groups is 1. The molecule has 0 saturated heterocycles. The van der Waals surface area contributed by atoms with Crippen LogP contribution in [-0.2, 0) is 0 Å². The summed E-state index contributed by atoms with van der Waals surface area (Å²) < 4.78 is 5.11. The van der Waals surface area contributed by atoms with E-state index in [-0.39, 0.29) is 17.3 Å². The minimum absolute atomic E-state index is 0.181. The Labute approximate surface area is 120 Å². The number of benzene rings is 1. The van der Waals surface area contributed by atoms with Gasteiger partial charge in [0.15, 0.2) is 11.6 Å². The molecule has 0 bridgehead atoms. The molecule has 1 amide bonds. The zero-order valence-electron chi connectivity index (χ0n) is 11.3. The van der Waals surface area contributed by atoms with Crippen molar-refractivity contribution in [1.29, 1.82) is 0 Å². The molecule has 0 saturated carbocycles. The largest absolute Gasteiger partial charge is 0.496 e. The van der Waals surface area contributed by atoms with Gasteiger partial charge in [-0.15, -0.1) is 0 Å². The molecule has 9 nitrogen and oxygen atoms in total. The predicted molar refractivity (Wildman–Crippen MR) is 78.3 cm³/mol. The molecule has 0 spiro atoms. The maximum Gasteiger partial charge on any atom is 0.273 e. The number of para-hydroxylation sites is 1. The van der Waals surface area contributed by atoms with Crippen LogP contribution in [0.1, 0.15) is 10.4 Å². The lowest BCUT2D eigenvalue weighted by Crippen LogP contribution is -2.30. The van der Waals surface area contributed by atoms with Gasteiger partial charge in [-0.25, -0.2) is 15.8 Å². The van der Waals surface area contributed by atoms with Crippen molar-refractivity contribution in [2.45, 2.75) is 0 Å². The number of methoxy groups -OCH3 is 1. The first-order chi connectivity index (χ1) is 10.2. The Bertz CT molecular complexity index is 647. The summed E-state index contributed by atoms with van der Waals surface area (Å²) in [4.78, 5) is 19.8. The molecule has 9 heteroatoms. The summed E-state index contributed by atoms with van der Waals surface area (Å²) >= 11 is 0. The number of hydrogen-bond donors (Lipinski definition) is 5. The van der Waals surface area contributed by atoms with Crippen LogP contribution in [0.3, 0.4) is 0 Å². The van der Waals surface area contributed by atoms with Crippen LogP contribution in [0.25, 0.3) is 0 Å². The number of anilines is 3. The maximum absolute atomic E-state index is 12.1. The number of nitrogens with zero attached hydrogens (tertiary/aromatic N) is 2. The lowest BCUT2D eigenvalue weighted by molar-refractivity contribution is 0.0959. The van der Waals surface area contributed by atoms with Crippen LogP contribution >= 0.6 is 0 Å². The maximum atomic E-state index is 12.1. The first-order valence-corrected chi connectivity index (χ1v) is 5.93. The van der Waals surface area contributed by atoms with Crippen LogP contribution in [0, 0.1) is 0 Å². The number of rotatable bonds is 5. The molecule has 7 N–H and O–H groups in total. The number of hydrogen-bond acceptors (Lipinski definition) is 8. The third-order valence-electron chi connectivity index (χ3n) is 2.67. The average molecular weight is 289 g/mol. The van der Waals surface area contributed by atoms with E-state index >= 15 is 0 Å². The van der Waals surface area contributed by atoms with E-state index in [4.69, 9.17) is 16.3 Å². The Hall–Kier alpha value is -3.07. The van der Waals surface area contributed by atoms with Gasteiger partial charge in [-0.05, 0) is 12.1 Å². The lowest BCUT2D eigenvalue weighted by Gasteiger charge is -2.12. The third kappa shape index (κ3) is 3.09. The molecule has 1 heterocycles. The number of ether oxygens (including phenoxy) is 1. The molecule has 0 aliphatic carbocycles. The second kappa shape index (κ2) is 6.39. The van der Waals surface area contributed by atoms with E-state index in [1.165, 1.54) is 13.4 Å². The van der Waals surface area contributed by atoms with Gasteiger partial charge in [-0.1, -0.05) is 12.1 Å². The van der Waals surface area contributed by atoms with Crippen LogP contribution < -0.4 is 32.6 Å². The zero-order valence-corrected chi connectivity index (χ0v) is 11.3. The molecular weight excluding hydrogens is 274 g/mol. The Morgan fingerprint density at radius 2 is 1.95 bits per heavy atom. The molecule has 1 aromatic heterocycles. The van der Waals surface area contributed by atoms with Crippen LogP contribution in [-0.4, -0.2) is 23.0 Å². The molecule has 0 aliphatic rings. The van der Waals surface area contributed by atoms with Gasteiger partial charge in [0, 0.05) is 0 Å². The van der Waals surface area contributed by atoms with Crippen molar-refractivity contribution in [3.05, 3.63) is 36.2 Å². The van der Waals surface area contributed by atoms with Crippen molar-refractivity contribution in [2.75, 3.05) is 23.7 Å². The summed E-state index contributed by atoms with van der Waals surface area (Å²) in [6.45, 7) is 0. The van der Waals surface area contributed by atoms with Gasteiger partial charge in [0.25, 0.3) is 5.91 Å². The van der Waals surface area contributed by atoms with Gasteiger partial charge in [0.1, 0.15) is 17.8 Å². The van der Waals surface area contributed by atoms with Gasteiger partial charge in [-0.3, -0.25) is 15.6 Å². The molecule has 0 aliphatic heterocycles. The SMILES string of the molecule is COc1ccccc1C(=O)NNc1ncnc(NN)c1N. The molecule has 2 aromatic rings. The van der Waals surface area contributed by atoms with E-state index in [2.05, 4.69) is 26.2 Å². The van der Waals surface area contributed by atoms with Gasteiger partial charge >= 0.3 is 0 Å². The van der Waals surface area contributed by atoms with Gasteiger partial charge in [0.2, 0.25) is 0 Å². The van der Waals surface area contributed by atoms with Crippen LogP contribution in [0.4, 0.5) is 17.3 Å². The van der Waals surface area contributed by atoms with Gasteiger partial charge in [-0.2, -0.15) is 0 Å². The highest BCUT2D eigenvalue weighted by molar-refractivity contribution is 5.97. The second-order valence-corrected chi connectivity index (χ2v) is 3.91. The molecule has 1 aromatic carbocycles. The molecular formula is C12H15N7O2. The molecule has 0 unspecified atom stereocenters. The second-order valence-electron chi connectivity index (χ2n) is 3.91. The number of aromatic nitrogens is 2. The Kier molecular flexibility index (Phi) is 4.36. The quantitative estimate of drug-likeness (QED) is 0.386. The number of carbonyl (C=O) groups excluding carboxylic acids is 1. The van der Waals surface area contributed by atoms with E-state index in [0.29, 0.717) is 11.3 Å². The number of hydrazine groups is 2. The number of nitrogen functional groups attached to an aromatic ring is 2. The fourth-order valence-corrected chi connectivity index (χ4v) is 1.63. The van der Waals surface area contributed by atoms with Gasteiger partial charge < -0.3 is 15.9 Å². The summed E-state index contributed by atoms with van der Waals surface area (Å²) in [5.41, 5.74) is 13.7. The fraction of sp³-hybridized carbons (Fsp3) is 0.0833. The highest BCUT2D eigenvalue weighted by atomic mass is 16.5. The van der Waals surface area contributed by atoms with E-state index in [1.54, 1.807) is 24.3 Å². The Morgan fingerprint density at radius 1 is 1.24 bits per heavy atom. The average Bonchev–Trinajstić information content (AvgIpc) is 2.53. The zero-order chi connectivity index (χ0) is 15.2. The standard InChI is InChI=1S/C12H15N7O2/c1-21-8-5-3-2-4-7(8)12(20)19-18-11-9(13)10(17-14)15-6-16-11/h2-6H,13-14H2,1H3,(H,19,20)(H2,15,16,17,18). The summed E-state index contributed by atoms with van der Waals surface area (Å²) in [5.74, 6) is 5.78. The first kappa shape index (κ1) is 14.3. The molecule has 2 rings (SSSR count). The van der Waals surface area contributed by atoms with Crippen LogP contribution in [0.2, 0.25) is 0 Å². The molecule has 21 heavy (non-hydrogen) atoms. The molecule has 0 atom stereocenters. The Balaban J connectivity index is 2.11. The summed E-state index contributed by atoms with van der Waals surface area (Å²) in [6, 6.07) is 6.81. The number of amides is 1. The third-order valence-corrected chi connectivity index (χ3v) is 2.67. The lowest BCUT2D eigenvalue weighted by atomic mass is 10.2. The topological polar surface area (TPSA) is 140 Å². The minimum Gasteiger partial charge on any atom is -0.496 e. The summed E-state index contributed by atoms with van der Waals surface area (Å²) in [7, 11) is 1.49. The van der Waals surface area contributed by atoms with E-state index in [9.17, 15) is 4.79 Å². The predicted octanol–water partition coefficient (Wildman–Crippen LogP) is 0.110. The monoisotopic (exact) mass is 289 g/mol. The van der Waals surface area contributed by atoms with Gasteiger partial charge in [0.05, 0.1) is 12.7 Å². The van der Waals surface area contributed by atoms with Crippen LogP contribution in [0.15, 0.2) is 30.6 Å². The van der Waals surface area contributed by atoms with Crippen molar-refractivity contribution >= 4 is 23.2 Å². The van der Waals surface area contributed by atoms with E-state index in [1.807, 2.05) is 0 Å². The summed E-state index contributed by atoms with van der Waals surface area (Å²) in [5, 5.41) is 0. The van der Waals surface area contributed by atoms with Crippen LogP contribution in [0.5, 0.6) is 5.75 Å².